The van der Waals surface area contributed by atoms with Crippen LogP contribution in [0.5, 0.6) is 5.75 Å². The summed E-state index contributed by atoms with van der Waals surface area (Å²) in [5.74, 6) is -1.29. The summed E-state index contributed by atoms with van der Waals surface area (Å²) in [4.78, 5) is 0. The van der Waals surface area contributed by atoms with Gasteiger partial charge in [-0.05, 0) is 29.8 Å². The zero-order valence-electron chi connectivity index (χ0n) is 9.21. The van der Waals surface area contributed by atoms with Crippen LogP contribution >= 0.6 is 0 Å². The van der Waals surface area contributed by atoms with Crippen LogP contribution in [0.25, 0.3) is 11.1 Å². The Balaban J connectivity index is 2.49. The standard InChI is InChI=1S/C13H11F2NO/c1-17-9-4-2-8(3-5-9)10-6-7-11(16)13(15)12(10)14/h2-7H,16H2,1H3. The van der Waals surface area contributed by atoms with Gasteiger partial charge in [-0.1, -0.05) is 12.1 Å². The van der Waals surface area contributed by atoms with Gasteiger partial charge in [0.05, 0.1) is 12.8 Å². The number of hydrogen-bond donors (Lipinski definition) is 1. The Morgan fingerprint density at radius 2 is 1.59 bits per heavy atom. The molecule has 0 saturated carbocycles. The molecule has 2 rings (SSSR count). The van der Waals surface area contributed by atoms with E-state index < -0.39 is 11.6 Å². The maximum absolute atomic E-state index is 13.6. The summed E-state index contributed by atoms with van der Waals surface area (Å²) >= 11 is 0. The molecule has 0 amide bonds. The third kappa shape index (κ3) is 2.06. The second-order valence-corrected chi connectivity index (χ2v) is 3.56. The Morgan fingerprint density at radius 1 is 0.941 bits per heavy atom. The molecule has 0 aliphatic heterocycles. The molecule has 0 unspecified atom stereocenters. The van der Waals surface area contributed by atoms with Gasteiger partial charge >= 0.3 is 0 Å². The number of anilines is 1. The smallest absolute Gasteiger partial charge is 0.182 e. The van der Waals surface area contributed by atoms with Crippen LogP contribution in [0.1, 0.15) is 0 Å². The lowest BCUT2D eigenvalue weighted by molar-refractivity contribution is 0.415. The predicted molar refractivity (Wildman–Crippen MR) is 62.8 cm³/mol. The number of nitrogens with two attached hydrogens (primary N) is 1. The maximum Gasteiger partial charge on any atom is 0.182 e. The number of hydrogen-bond acceptors (Lipinski definition) is 2. The van der Waals surface area contributed by atoms with Gasteiger partial charge in [0.15, 0.2) is 11.6 Å². The third-order valence-corrected chi connectivity index (χ3v) is 2.51. The summed E-state index contributed by atoms with van der Waals surface area (Å²) in [5, 5.41) is 0. The summed E-state index contributed by atoms with van der Waals surface area (Å²) in [6.45, 7) is 0. The summed E-state index contributed by atoms with van der Waals surface area (Å²) in [5.41, 5.74) is 5.84. The zero-order chi connectivity index (χ0) is 12.4. The van der Waals surface area contributed by atoms with Crippen molar-refractivity contribution >= 4 is 5.69 Å². The van der Waals surface area contributed by atoms with E-state index in [4.69, 9.17) is 10.5 Å². The highest BCUT2D eigenvalue weighted by Crippen LogP contribution is 2.28. The predicted octanol–water partition coefficient (Wildman–Crippen LogP) is 3.22. The molecular formula is C13H11F2NO. The van der Waals surface area contributed by atoms with Crippen molar-refractivity contribution in [2.24, 2.45) is 0 Å². The van der Waals surface area contributed by atoms with E-state index in [0.29, 0.717) is 11.3 Å². The lowest BCUT2D eigenvalue weighted by Gasteiger charge is -2.07. The van der Waals surface area contributed by atoms with Gasteiger partial charge in [-0.3, -0.25) is 0 Å². The van der Waals surface area contributed by atoms with Gasteiger partial charge in [-0.2, -0.15) is 0 Å². The van der Waals surface area contributed by atoms with Crippen molar-refractivity contribution in [2.45, 2.75) is 0 Å². The van der Waals surface area contributed by atoms with E-state index in [0.717, 1.165) is 0 Å². The van der Waals surface area contributed by atoms with E-state index in [1.165, 1.54) is 12.1 Å². The molecule has 0 radical (unpaired) electrons. The molecule has 0 heterocycles. The molecule has 0 atom stereocenters. The summed E-state index contributed by atoms with van der Waals surface area (Å²) < 4.78 is 31.9. The number of benzene rings is 2. The van der Waals surface area contributed by atoms with E-state index in [9.17, 15) is 8.78 Å². The molecule has 88 valence electrons. The highest BCUT2D eigenvalue weighted by molar-refractivity contribution is 5.67. The maximum atomic E-state index is 13.6. The average Bonchev–Trinajstić information content (AvgIpc) is 2.36. The van der Waals surface area contributed by atoms with E-state index in [1.54, 1.807) is 31.4 Å². The molecule has 4 heteroatoms. The number of nitrogen functional groups attached to an aromatic ring is 1. The van der Waals surface area contributed by atoms with Crippen LogP contribution in [0.2, 0.25) is 0 Å². The van der Waals surface area contributed by atoms with Gasteiger partial charge in [0, 0.05) is 5.56 Å². The van der Waals surface area contributed by atoms with E-state index >= 15 is 0 Å². The van der Waals surface area contributed by atoms with E-state index in [2.05, 4.69) is 0 Å². The van der Waals surface area contributed by atoms with Crippen molar-refractivity contribution < 1.29 is 13.5 Å². The lowest BCUT2D eigenvalue weighted by Crippen LogP contribution is -1.96. The highest BCUT2D eigenvalue weighted by atomic mass is 19.2. The van der Waals surface area contributed by atoms with Crippen molar-refractivity contribution in [2.75, 3.05) is 12.8 Å². The first-order valence-electron chi connectivity index (χ1n) is 5.01. The molecule has 0 spiro atoms. The van der Waals surface area contributed by atoms with Crippen LogP contribution in [-0.4, -0.2) is 7.11 Å². The monoisotopic (exact) mass is 235 g/mol. The van der Waals surface area contributed by atoms with E-state index in [1.807, 2.05) is 0 Å². The SMILES string of the molecule is COc1ccc(-c2ccc(N)c(F)c2F)cc1. The van der Waals surface area contributed by atoms with Gasteiger partial charge in [0.1, 0.15) is 5.75 Å². The van der Waals surface area contributed by atoms with Crippen molar-refractivity contribution in [1.82, 2.24) is 0 Å². The fourth-order valence-corrected chi connectivity index (χ4v) is 1.56. The Labute approximate surface area is 97.6 Å². The molecule has 2 aromatic rings. The average molecular weight is 235 g/mol. The number of ether oxygens (including phenoxy) is 1. The van der Waals surface area contributed by atoms with Crippen LogP contribution in [-0.2, 0) is 0 Å². The molecular weight excluding hydrogens is 224 g/mol. The van der Waals surface area contributed by atoms with Crippen LogP contribution in [0.4, 0.5) is 14.5 Å². The fraction of sp³-hybridized carbons (Fsp3) is 0.0769. The third-order valence-electron chi connectivity index (χ3n) is 2.51. The van der Waals surface area contributed by atoms with E-state index in [-0.39, 0.29) is 11.3 Å². The fourth-order valence-electron chi connectivity index (χ4n) is 1.56. The van der Waals surface area contributed by atoms with Crippen molar-refractivity contribution in [1.29, 1.82) is 0 Å². The normalized spacial score (nSPS) is 10.3. The zero-order valence-corrected chi connectivity index (χ0v) is 9.21. The summed E-state index contributed by atoms with van der Waals surface area (Å²) in [6, 6.07) is 9.49. The molecule has 0 aliphatic rings. The van der Waals surface area contributed by atoms with Crippen LogP contribution in [0.3, 0.4) is 0 Å². The van der Waals surface area contributed by atoms with Gasteiger partial charge in [0.2, 0.25) is 0 Å². The molecule has 17 heavy (non-hydrogen) atoms. The largest absolute Gasteiger partial charge is 0.497 e. The molecule has 2 N–H and O–H groups in total. The minimum Gasteiger partial charge on any atom is -0.497 e. The second-order valence-electron chi connectivity index (χ2n) is 3.56. The molecule has 0 aromatic heterocycles. The highest BCUT2D eigenvalue weighted by Gasteiger charge is 2.12. The number of rotatable bonds is 2. The first kappa shape index (κ1) is 11.4. The van der Waals surface area contributed by atoms with Gasteiger partial charge < -0.3 is 10.5 Å². The molecule has 0 saturated heterocycles. The Hall–Kier alpha value is -2.10. The van der Waals surface area contributed by atoms with Gasteiger partial charge in [0.25, 0.3) is 0 Å². The van der Waals surface area contributed by atoms with Crippen LogP contribution in [0.15, 0.2) is 36.4 Å². The van der Waals surface area contributed by atoms with Crippen LogP contribution < -0.4 is 10.5 Å². The molecule has 2 nitrogen and oxygen atoms in total. The number of methoxy groups -OCH3 is 1. The molecule has 0 bridgehead atoms. The Kier molecular flexibility index (Phi) is 2.95. The Morgan fingerprint density at radius 3 is 2.18 bits per heavy atom. The minimum atomic E-state index is -1.02. The topological polar surface area (TPSA) is 35.2 Å². The van der Waals surface area contributed by atoms with Gasteiger partial charge in [-0.25, -0.2) is 8.78 Å². The van der Waals surface area contributed by atoms with Crippen LogP contribution in [0, 0.1) is 11.6 Å². The van der Waals surface area contributed by atoms with Crippen molar-refractivity contribution in [3.05, 3.63) is 48.0 Å². The van der Waals surface area contributed by atoms with Crippen molar-refractivity contribution in [3.8, 4) is 16.9 Å². The van der Waals surface area contributed by atoms with Crippen molar-refractivity contribution in [3.63, 3.8) is 0 Å². The summed E-state index contributed by atoms with van der Waals surface area (Å²) in [7, 11) is 1.54. The second kappa shape index (κ2) is 4.41. The Bertz CT molecular complexity index is 538. The van der Waals surface area contributed by atoms with Gasteiger partial charge in [-0.15, -0.1) is 0 Å². The molecule has 0 fully saturated rings. The quantitative estimate of drug-likeness (QED) is 0.811. The first-order valence-corrected chi connectivity index (χ1v) is 5.01. The molecule has 0 aliphatic carbocycles. The first-order chi connectivity index (χ1) is 8.13. The number of halogens is 2. The summed E-state index contributed by atoms with van der Waals surface area (Å²) in [6.07, 6.45) is 0. The molecule has 2 aromatic carbocycles. The minimum absolute atomic E-state index is 0.180. The lowest BCUT2D eigenvalue weighted by atomic mass is 10.0.